The minimum atomic E-state index is 0.000189. The number of thiazole rings is 1. The van der Waals surface area contributed by atoms with Crippen LogP contribution in [0.4, 0.5) is 5.13 Å². The molecule has 0 fully saturated rings. The van der Waals surface area contributed by atoms with Gasteiger partial charge < -0.3 is 5.32 Å². The molecule has 0 aliphatic carbocycles. The molecule has 5 heteroatoms. The molecular weight excluding hydrogens is 342 g/mol. The Labute approximate surface area is 157 Å². The zero-order valence-corrected chi connectivity index (χ0v) is 15.1. The third-order valence-corrected chi connectivity index (χ3v) is 4.89. The molecule has 0 saturated heterocycles. The molecule has 1 N–H and O–H groups in total. The fourth-order valence-corrected chi connectivity index (χ4v) is 3.49. The van der Waals surface area contributed by atoms with Crippen molar-refractivity contribution in [3.63, 3.8) is 0 Å². The molecule has 2 aromatic carbocycles. The van der Waals surface area contributed by atoms with Crippen LogP contribution in [0, 0.1) is 11.3 Å². The normalized spacial score (nSPS) is 10.3. The van der Waals surface area contributed by atoms with Gasteiger partial charge in [-0.1, -0.05) is 42.5 Å². The van der Waals surface area contributed by atoms with E-state index in [0.29, 0.717) is 17.1 Å². The molecule has 3 aromatic rings. The van der Waals surface area contributed by atoms with Crippen molar-refractivity contribution in [2.45, 2.75) is 25.7 Å². The van der Waals surface area contributed by atoms with Gasteiger partial charge in [0.05, 0.1) is 11.6 Å². The Balaban J connectivity index is 1.46. The fraction of sp³-hybridized carbons (Fsp3) is 0.190. The molecular formula is C21H19N3OS. The van der Waals surface area contributed by atoms with E-state index in [9.17, 15) is 4.79 Å². The zero-order chi connectivity index (χ0) is 18.2. The number of benzene rings is 2. The van der Waals surface area contributed by atoms with Crippen LogP contribution in [-0.2, 0) is 17.6 Å². The van der Waals surface area contributed by atoms with Gasteiger partial charge >= 0.3 is 0 Å². The average molecular weight is 361 g/mol. The molecule has 130 valence electrons. The minimum absolute atomic E-state index is 0.000189. The molecule has 0 unspecified atom stereocenters. The van der Waals surface area contributed by atoms with E-state index in [0.717, 1.165) is 29.7 Å². The first-order valence-corrected chi connectivity index (χ1v) is 9.32. The molecule has 0 saturated carbocycles. The van der Waals surface area contributed by atoms with Crippen LogP contribution >= 0.6 is 11.3 Å². The second-order valence-electron chi connectivity index (χ2n) is 6.00. The number of amides is 1. The van der Waals surface area contributed by atoms with Gasteiger partial charge in [0, 0.05) is 23.9 Å². The predicted octanol–water partition coefficient (Wildman–Crippen LogP) is 4.57. The van der Waals surface area contributed by atoms with Crippen LogP contribution in [0.2, 0.25) is 0 Å². The van der Waals surface area contributed by atoms with Crippen LogP contribution < -0.4 is 5.32 Å². The van der Waals surface area contributed by atoms with E-state index in [2.05, 4.69) is 28.5 Å². The lowest BCUT2D eigenvalue weighted by molar-refractivity contribution is -0.116. The lowest BCUT2D eigenvalue weighted by Crippen LogP contribution is -2.11. The summed E-state index contributed by atoms with van der Waals surface area (Å²) in [5.74, 6) is 0.000189. The van der Waals surface area contributed by atoms with E-state index in [1.54, 1.807) is 6.20 Å². The van der Waals surface area contributed by atoms with Gasteiger partial charge in [0.15, 0.2) is 5.13 Å². The van der Waals surface area contributed by atoms with Crippen LogP contribution in [-0.4, -0.2) is 10.9 Å². The summed E-state index contributed by atoms with van der Waals surface area (Å²) in [7, 11) is 0. The molecule has 1 aromatic heterocycles. The standard InChI is InChI=1S/C21H19N3OS/c22-14-18-11-9-17(10-12-18)13-19-15-23-21(26-19)24-20(25)8-4-7-16-5-2-1-3-6-16/h1-3,5-6,9-12,15H,4,7-8,13H2,(H,23,24,25). The van der Waals surface area contributed by atoms with Crippen molar-refractivity contribution in [1.82, 2.24) is 4.98 Å². The number of anilines is 1. The number of nitrogens with zero attached hydrogens (tertiary/aromatic N) is 2. The SMILES string of the molecule is N#Cc1ccc(Cc2cnc(NC(=O)CCCc3ccccc3)s2)cc1. The number of rotatable bonds is 7. The first-order chi connectivity index (χ1) is 12.7. The van der Waals surface area contributed by atoms with E-state index >= 15 is 0 Å². The topological polar surface area (TPSA) is 65.8 Å². The molecule has 3 rings (SSSR count). The van der Waals surface area contributed by atoms with Crippen molar-refractivity contribution >= 4 is 22.4 Å². The van der Waals surface area contributed by atoms with Gasteiger partial charge in [-0.3, -0.25) is 4.79 Å². The van der Waals surface area contributed by atoms with E-state index in [-0.39, 0.29) is 5.91 Å². The third kappa shape index (κ3) is 5.27. The highest BCUT2D eigenvalue weighted by atomic mass is 32.1. The van der Waals surface area contributed by atoms with Gasteiger partial charge in [-0.05, 0) is 36.1 Å². The first kappa shape index (κ1) is 17.8. The molecule has 0 spiro atoms. The summed E-state index contributed by atoms with van der Waals surface area (Å²) in [5.41, 5.74) is 3.02. The van der Waals surface area contributed by atoms with Crippen molar-refractivity contribution in [3.8, 4) is 6.07 Å². The highest BCUT2D eigenvalue weighted by molar-refractivity contribution is 7.15. The summed E-state index contributed by atoms with van der Waals surface area (Å²) in [6.45, 7) is 0. The van der Waals surface area contributed by atoms with Gasteiger partial charge in [-0.2, -0.15) is 5.26 Å². The summed E-state index contributed by atoms with van der Waals surface area (Å²) in [5, 5.41) is 12.3. The number of nitriles is 1. The van der Waals surface area contributed by atoms with Crippen LogP contribution in [0.3, 0.4) is 0 Å². The van der Waals surface area contributed by atoms with Gasteiger partial charge in [-0.15, -0.1) is 11.3 Å². The lowest BCUT2D eigenvalue weighted by atomic mass is 10.1. The Morgan fingerprint density at radius 2 is 1.85 bits per heavy atom. The predicted molar refractivity (Wildman–Crippen MR) is 104 cm³/mol. The average Bonchev–Trinajstić information content (AvgIpc) is 3.10. The minimum Gasteiger partial charge on any atom is -0.302 e. The molecule has 0 atom stereocenters. The van der Waals surface area contributed by atoms with Gasteiger partial charge in [0.2, 0.25) is 5.91 Å². The molecule has 0 aliphatic heterocycles. The van der Waals surface area contributed by atoms with Gasteiger partial charge in [0.25, 0.3) is 0 Å². The Hall–Kier alpha value is -2.97. The van der Waals surface area contributed by atoms with Crippen molar-refractivity contribution in [2.75, 3.05) is 5.32 Å². The Morgan fingerprint density at radius 1 is 1.08 bits per heavy atom. The van der Waals surface area contributed by atoms with Crippen LogP contribution in [0.15, 0.2) is 60.8 Å². The second-order valence-corrected chi connectivity index (χ2v) is 7.12. The quantitative estimate of drug-likeness (QED) is 0.670. The zero-order valence-electron chi connectivity index (χ0n) is 14.3. The Bertz CT molecular complexity index is 895. The number of aromatic nitrogens is 1. The monoisotopic (exact) mass is 361 g/mol. The maximum atomic E-state index is 12.1. The molecule has 0 aliphatic rings. The molecule has 0 bridgehead atoms. The number of carbonyl (C=O) groups is 1. The number of hydrogen-bond acceptors (Lipinski definition) is 4. The van der Waals surface area contributed by atoms with Crippen LogP contribution in [0.5, 0.6) is 0 Å². The highest BCUT2D eigenvalue weighted by Crippen LogP contribution is 2.21. The van der Waals surface area contributed by atoms with Crippen LogP contribution in [0.1, 0.15) is 34.4 Å². The lowest BCUT2D eigenvalue weighted by Gasteiger charge is -2.02. The maximum Gasteiger partial charge on any atom is 0.226 e. The summed E-state index contributed by atoms with van der Waals surface area (Å²) in [6.07, 6.45) is 4.74. The summed E-state index contributed by atoms with van der Waals surface area (Å²) < 4.78 is 0. The highest BCUT2D eigenvalue weighted by Gasteiger charge is 2.07. The number of carbonyl (C=O) groups excluding carboxylic acids is 1. The van der Waals surface area contributed by atoms with Gasteiger partial charge in [-0.25, -0.2) is 4.98 Å². The Kier molecular flexibility index (Phi) is 6.13. The summed E-state index contributed by atoms with van der Waals surface area (Å²) in [4.78, 5) is 17.4. The van der Waals surface area contributed by atoms with Crippen LogP contribution in [0.25, 0.3) is 0 Å². The van der Waals surface area contributed by atoms with Crippen molar-refractivity contribution in [3.05, 3.63) is 82.4 Å². The summed E-state index contributed by atoms with van der Waals surface area (Å²) >= 11 is 1.49. The fourth-order valence-electron chi connectivity index (χ4n) is 2.62. The van der Waals surface area contributed by atoms with E-state index in [4.69, 9.17) is 5.26 Å². The molecule has 4 nitrogen and oxygen atoms in total. The number of hydrogen-bond donors (Lipinski definition) is 1. The van der Waals surface area contributed by atoms with Crippen molar-refractivity contribution < 1.29 is 4.79 Å². The van der Waals surface area contributed by atoms with Crippen molar-refractivity contribution in [2.24, 2.45) is 0 Å². The smallest absolute Gasteiger partial charge is 0.226 e. The van der Waals surface area contributed by atoms with Gasteiger partial charge in [0.1, 0.15) is 0 Å². The molecule has 0 radical (unpaired) electrons. The molecule has 1 heterocycles. The van der Waals surface area contributed by atoms with E-state index in [1.165, 1.54) is 16.9 Å². The summed E-state index contributed by atoms with van der Waals surface area (Å²) in [6, 6.07) is 19.8. The van der Waals surface area contributed by atoms with Crippen molar-refractivity contribution in [1.29, 1.82) is 5.26 Å². The second kappa shape index (κ2) is 8.93. The third-order valence-electron chi connectivity index (χ3n) is 3.97. The largest absolute Gasteiger partial charge is 0.302 e. The molecule has 26 heavy (non-hydrogen) atoms. The van der Waals surface area contributed by atoms with E-state index in [1.807, 2.05) is 42.5 Å². The van der Waals surface area contributed by atoms with E-state index < -0.39 is 0 Å². The maximum absolute atomic E-state index is 12.1. The number of nitrogens with one attached hydrogen (secondary N) is 1. The first-order valence-electron chi connectivity index (χ1n) is 8.50. The molecule has 1 amide bonds. The number of aryl methyl sites for hydroxylation is 1. The Morgan fingerprint density at radius 3 is 2.58 bits per heavy atom.